The Hall–Kier alpha value is -0.607. The van der Waals surface area contributed by atoms with Crippen LogP contribution in [0.25, 0.3) is 22.3 Å². The summed E-state index contributed by atoms with van der Waals surface area (Å²) in [6, 6.07) is 9.55. The first-order valence-electron chi connectivity index (χ1n) is 9.30. The molecule has 6 heteroatoms. The molecule has 1 aromatic carbocycles. The minimum absolute atomic E-state index is 0. The Balaban J connectivity index is 0.00000140. The molecule has 0 atom stereocenters. The first-order chi connectivity index (χ1) is 12.1. The summed E-state index contributed by atoms with van der Waals surface area (Å²) in [5.74, 6) is 0.947. The first-order valence-corrected chi connectivity index (χ1v) is 9.30. The predicted octanol–water partition coefficient (Wildman–Crippen LogP) is 5.56. The van der Waals surface area contributed by atoms with Gasteiger partial charge in [-0.1, -0.05) is 46.9 Å². The van der Waals surface area contributed by atoms with Crippen molar-refractivity contribution in [1.82, 2.24) is 18.8 Å². The van der Waals surface area contributed by atoms with E-state index in [1.54, 1.807) is 0 Å². The van der Waals surface area contributed by atoms with Crippen LogP contribution in [0.15, 0.2) is 30.6 Å². The van der Waals surface area contributed by atoms with Gasteiger partial charge < -0.3 is 16.2 Å². The molecule has 0 aliphatic carbocycles. The van der Waals surface area contributed by atoms with Crippen LogP contribution in [0.3, 0.4) is 0 Å². The fourth-order valence-electron chi connectivity index (χ4n) is 3.67. The van der Waals surface area contributed by atoms with Crippen LogP contribution in [0.1, 0.15) is 52.9 Å². The summed E-state index contributed by atoms with van der Waals surface area (Å²) in [5.41, 5.74) is 4.91. The third-order valence-corrected chi connectivity index (χ3v) is 4.59. The Morgan fingerprint density at radius 2 is 1.69 bits per heavy atom. The smallest absolute Gasteiger partial charge is 0.203 e. The van der Waals surface area contributed by atoms with E-state index in [-0.39, 0.29) is 71.1 Å². The third kappa shape index (κ3) is 5.18. The number of fused-ring (bicyclic) bond motifs is 6. The molecule has 0 bridgehead atoms. The molecule has 2 radical (unpaired) electrons. The molecule has 0 saturated carbocycles. The quantitative estimate of drug-likeness (QED) is 0.269. The Morgan fingerprint density at radius 1 is 1.03 bits per heavy atom. The van der Waals surface area contributed by atoms with Crippen LogP contribution in [0.5, 0.6) is 0 Å². The molecule has 3 aromatic heterocycles. The van der Waals surface area contributed by atoms with E-state index < -0.39 is 0 Å². The van der Waals surface area contributed by atoms with E-state index in [1.165, 1.54) is 11.4 Å². The van der Waals surface area contributed by atoms with Crippen LogP contribution in [-0.4, -0.2) is 18.8 Å². The maximum Gasteiger partial charge on any atom is 0.203 e. The zero-order valence-electron chi connectivity index (χ0n) is 18.5. The molecule has 0 N–H and O–H groups in total. The number of rotatable bonds is 2. The molecule has 156 valence electrons. The topological polar surface area (TPSA) is 34.6 Å². The van der Waals surface area contributed by atoms with E-state index in [4.69, 9.17) is 4.98 Å². The van der Waals surface area contributed by atoms with E-state index in [9.17, 15) is 0 Å². The maximum atomic E-state index is 5.10. The van der Waals surface area contributed by atoms with E-state index in [1.807, 2.05) is 24.5 Å². The summed E-state index contributed by atoms with van der Waals surface area (Å²) in [6.07, 6.45) is 5.77. The number of nitrogens with zero attached hydrogens (tertiary/aromatic N) is 4. The zero-order chi connectivity index (χ0) is 18.7. The minimum atomic E-state index is 0. The molecule has 0 aliphatic rings. The van der Waals surface area contributed by atoms with Gasteiger partial charge in [0.2, 0.25) is 5.78 Å². The van der Waals surface area contributed by atoms with E-state index in [2.05, 4.69) is 67.5 Å². The summed E-state index contributed by atoms with van der Waals surface area (Å²) in [7, 11) is 0. The van der Waals surface area contributed by atoms with Crippen LogP contribution in [0.4, 0.5) is 0 Å². The number of hydrogen-bond acceptors (Lipinski definition) is 2. The Morgan fingerprint density at radius 3 is 2.31 bits per heavy atom. The van der Waals surface area contributed by atoms with Crippen molar-refractivity contribution >= 4 is 22.3 Å². The van der Waals surface area contributed by atoms with E-state index >= 15 is 0 Å². The molecular formula is C23H30IrN4Y-2. The van der Waals surface area contributed by atoms with Crippen molar-refractivity contribution in [3.05, 3.63) is 55.5 Å². The van der Waals surface area contributed by atoms with Gasteiger partial charge in [0.15, 0.2) is 0 Å². The van der Waals surface area contributed by atoms with Gasteiger partial charge >= 0.3 is 0 Å². The van der Waals surface area contributed by atoms with Gasteiger partial charge in [-0.15, -0.1) is 24.3 Å². The first kappa shape index (κ1) is 26.4. The van der Waals surface area contributed by atoms with Gasteiger partial charge in [-0.3, -0.25) is 4.98 Å². The number of imidazole rings is 2. The summed E-state index contributed by atoms with van der Waals surface area (Å²) in [5, 5.41) is 1.04. The molecule has 4 rings (SSSR count). The number of aromatic nitrogens is 4. The molecule has 0 spiro atoms. The molecule has 0 aliphatic heterocycles. The van der Waals surface area contributed by atoms with Crippen molar-refractivity contribution in [2.75, 3.05) is 0 Å². The summed E-state index contributed by atoms with van der Waals surface area (Å²) < 4.78 is 4.42. The Bertz CT molecular complexity index is 1110. The van der Waals surface area contributed by atoms with Crippen LogP contribution in [0.2, 0.25) is 0 Å². The molecule has 0 amide bonds. The van der Waals surface area contributed by atoms with Gasteiger partial charge in [0.25, 0.3) is 0 Å². The van der Waals surface area contributed by atoms with Crippen LogP contribution in [0, 0.1) is 24.3 Å². The van der Waals surface area contributed by atoms with E-state index in [0.717, 1.165) is 35.2 Å². The van der Waals surface area contributed by atoms with Gasteiger partial charge in [-0.05, 0) is 29.2 Å². The molecule has 0 fully saturated rings. The van der Waals surface area contributed by atoms with Crippen molar-refractivity contribution in [2.45, 2.75) is 54.4 Å². The predicted molar refractivity (Wildman–Crippen MR) is 113 cm³/mol. The van der Waals surface area contributed by atoms with Crippen molar-refractivity contribution in [2.24, 2.45) is 10.8 Å². The van der Waals surface area contributed by atoms with Gasteiger partial charge in [0.1, 0.15) is 0 Å². The monoisotopic (exact) mass is 644 g/mol. The second kappa shape index (κ2) is 9.26. The van der Waals surface area contributed by atoms with Crippen molar-refractivity contribution in [3.63, 3.8) is 0 Å². The number of benzene rings is 1. The normalized spacial score (nSPS) is 11.9. The van der Waals surface area contributed by atoms with Crippen LogP contribution < -0.4 is 0 Å². The average molecular weight is 644 g/mol. The summed E-state index contributed by atoms with van der Waals surface area (Å²) >= 11 is 0. The summed E-state index contributed by atoms with van der Waals surface area (Å²) in [6.45, 7) is 13.7. The molecule has 0 saturated heterocycles. The Labute approximate surface area is 213 Å². The largest absolute Gasteiger partial charge is 0.358 e. The number of hydrogen-bond donors (Lipinski definition) is 0. The minimum Gasteiger partial charge on any atom is -0.358 e. The molecule has 3 heterocycles. The average Bonchev–Trinajstić information content (AvgIpc) is 3.11. The molecule has 0 unspecified atom stereocenters. The van der Waals surface area contributed by atoms with Gasteiger partial charge in [0.05, 0.1) is 11.3 Å². The zero-order valence-corrected chi connectivity index (χ0v) is 23.7. The van der Waals surface area contributed by atoms with Crippen LogP contribution >= 0.6 is 0 Å². The second-order valence-corrected chi connectivity index (χ2v) is 9.67. The van der Waals surface area contributed by atoms with Gasteiger partial charge in [0, 0.05) is 70.9 Å². The van der Waals surface area contributed by atoms with E-state index in [0.29, 0.717) is 0 Å². The fraction of sp³-hybridized carbons (Fsp3) is 0.435. The van der Waals surface area contributed by atoms with Gasteiger partial charge in [-0.25, -0.2) is 4.98 Å². The third-order valence-electron chi connectivity index (χ3n) is 4.59. The molecular weight excluding hydrogens is 613 g/mol. The SMILES string of the molecule is CC(C)(C)Cc1nc2n3ccnc3c3[c-]cccc3n2c1CC(C)(C)C.[CH3-].[Ir].[Y]. The van der Waals surface area contributed by atoms with Crippen molar-refractivity contribution in [3.8, 4) is 0 Å². The standard InChI is InChI=1S/C22H27N4.CH3.Ir.Y/c1-21(2,3)13-16-18(14-22(4,5)6)26-17-10-8-7-9-15(17)19-23-11-12-25(19)20(26)24-16;;;/h7-8,10-12H,13-14H2,1-6H3;1H3;;/q2*-1;;. The Kier molecular flexibility index (Phi) is 8.44. The molecule has 4 nitrogen and oxygen atoms in total. The fourth-order valence-corrected chi connectivity index (χ4v) is 3.67. The molecule has 29 heavy (non-hydrogen) atoms. The second-order valence-electron chi connectivity index (χ2n) is 9.67. The van der Waals surface area contributed by atoms with Crippen molar-refractivity contribution < 1.29 is 52.8 Å². The summed E-state index contributed by atoms with van der Waals surface area (Å²) in [4.78, 5) is 9.67. The van der Waals surface area contributed by atoms with Gasteiger partial charge in [-0.2, -0.15) is 0 Å². The molecule has 4 aromatic rings. The van der Waals surface area contributed by atoms with Crippen LogP contribution in [-0.2, 0) is 65.7 Å². The maximum absolute atomic E-state index is 5.10. The van der Waals surface area contributed by atoms with Crippen molar-refractivity contribution in [1.29, 1.82) is 0 Å².